The minimum absolute atomic E-state index is 0.0450. The Hall–Kier alpha value is -2.07. The third-order valence-corrected chi connectivity index (χ3v) is 5.06. The van der Waals surface area contributed by atoms with Crippen molar-refractivity contribution in [1.29, 1.82) is 0 Å². The molecule has 2 saturated heterocycles. The van der Waals surface area contributed by atoms with E-state index in [4.69, 9.17) is 9.47 Å². The summed E-state index contributed by atoms with van der Waals surface area (Å²) >= 11 is 0. The average molecular weight is 413 g/mol. The first kappa shape index (κ1) is 23.2. The number of carbonyl (C=O) groups excluding carboxylic acids is 2. The van der Waals surface area contributed by atoms with E-state index in [1.165, 1.54) is 4.90 Å². The van der Waals surface area contributed by atoms with Gasteiger partial charge in [-0.15, -0.1) is 0 Å². The van der Waals surface area contributed by atoms with Crippen LogP contribution in [-0.4, -0.2) is 118 Å². The van der Waals surface area contributed by atoms with Crippen LogP contribution in [0.15, 0.2) is 4.99 Å². The number of hydrogen-bond donors (Lipinski definition) is 2. The van der Waals surface area contributed by atoms with Gasteiger partial charge in [-0.05, 0) is 19.8 Å². The molecule has 0 atom stereocenters. The molecule has 0 aromatic rings. The fourth-order valence-electron chi connectivity index (χ4n) is 3.21. The molecule has 10 heteroatoms. The summed E-state index contributed by atoms with van der Waals surface area (Å²) in [6, 6.07) is 0.199. The number of amides is 2. The number of piperidine rings is 1. The molecule has 0 bridgehead atoms. The Morgan fingerprint density at radius 2 is 1.86 bits per heavy atom. The Bertz CT molecular complexity index is 543. The Kier molecular flexibility index (Phi) is 9.99. The Balaban J connectivity index is 1.83. The molecule has 0 spiro atoms. The van der Waals surface area contributed by atoms with Crippen molar-refractivity contribution in [2.45, 2.75) is 25.8 Å². The van der Waals surface area contributed by atoms with Crippen LogP contribution in [0.3, 0.4) is 0 Å². The van der Waals surface area contributed by atoms with Crippen molar-refractivity contribution < 1.29 is 19.1 Å². The van der Waals surface area contributed by atoms with E-state index >= 15 is 0 Å². The van der Waals surface area contributed by atoms with Crippen molar-refractivity contribution in [3.05, 3.63) is 0 Å². The minimum Gasteiger partial charge on any atom is -0.450 e. The van der Waals surface area contributed by atoms with Crippen LogP contribution in [0.1, 0.15) is 19.8 Å². The first-order chi connectivity index (χ1) is 14.0. The summed E-state index contributed by atoms with van der Waals surface area (Å²) in [6.07, 6.45) is 1.37. The molecule has 2 aliphatic heterocycles. The highest BCUT2D eigenvalue weighted by Gasteiger charge is 2.24. The predicted molar refractivity (Wildman–Crippen MR) is 111 cm³/mol. The molecular formula is C19H36N6O4. The average Bonchev–Trinajstić information content (AvgIpc) is 2.73. The summed E-state index contributed by atoms with van der Waals surface area (Å²) in [5.74, 6) is 0.597. The molecule has 2 N–H and O–H groups in total. The molecule has 0 saturated carbocycles. The van der Waals surface area contributed by atoms with E-state index in [1.54, 1.807) is 19.0 Å². The number of ether oxygens (including phenoxy) is 2. The van der Waals surface area contributed by atoms with Crippen LogP contribution in [0.4, 0.5) is 4.79 Å². The lowest BCUT2D eigenvalue weighted by atomic mass is 10.1. The van der Waals surface area contributed by atoms with E-state index < -0.39 is 0 Å². The first-order valence-electron chi connectivity index (χ1n) is 10.5. The molecule has 2 rings (SSSR count). The van der Waals surface area contributed by atoms with Crippen LogP contribution in [-0.2, 0) is 14.3 Å². The highest BCUT2D eigenvalue weighted by atomic mass is 16.6. The lowest BCUT2D eigenvalue weighted by Gasteiger charge is -2.32. The number of aliphatic imine (C=N–C) groups is 1. The lowest BCUT2D eigenvalue weighted by molar-refractivity contribution is -0.127. The Labute approximate surface area is 173 Å². The molecule has 0 radical (unpaired) electrons. The van der Waals surface area contributed by atoms with Crippen LogP contribution in [0, 0.1) is 0 Å². The second-order valence-corrected chi connectivity index (χ2v) is 7.44. The van der Waals surface area contributed by atoms with Gasteiger partial charge in [-0.3, -0.25) is 9.69 Å². The predicted octanol–water partition coefficient (Wildman–Crippen LogP) is -0.437. The maximum Gasteiger partial charge on any atom is 0.409 e. The zero-order valence-electron chi connectivity index (χ0n) is 18.0. The fraction of sp³-hybridized carbons (Fsp3) is 0.842. The monoisotopic (exact) mass is 412 g/mol. The number of hydrogen-bond acceptors (Lipinski definition) is 6. The summed E-state index contributed by atoms with van der Waals surface area (Å²) in [4.78, 5) is 33.8. The highest BCUT2D eigenvalue weighted by Crippen LogP contribution is 2.11. The maximum absolute atomic E-state index is 11.9. The number of nitrogens with one attached hydrogen (secondary N) is 2. The van der Waals surface area contributed by atoms with Crippen molar-refractivity contribution in [3.63, 3.8) is 0 Å². The standard InChI is InChI=1S/C19H36N6O4/c1-4-29-19(27)25-8-5-16(6-9-25)22-18(21-15-17(26)23(2)3)20-7-10-24-11-13-28-14-12-24/h16H,4-15H2,1-3H3,(H2,20,21,22). The molecule has 2 fully saturated rings. The maximum atomic E-state index is 11.9. The van der Waals surface area contributed by atoms with Gasteiger partial charge in [0.2, 0.25) is 5.91 Å². The Morgan fingerprint density at radius 1 is 1.17 bits per heavy atom. The van der Waals surface area contributed by atoms with Crippen LogP contribution in [0.2, 0.25) is 0 Å². The lowest BCUT2D eigenvalue weighted by Crippen LogP contribution is -2.51. The van der Waals surface area contributed by atoms with Gasteiger partial charge in [0.25, 0.3) is 0 Å². The normalized spacial score (nSPS) is 19.0. The van der Waals surface area contributed by atoms with Crippen LogP contribution < -0.4 is 10.6 Å². The third kappa shape index (κ3) is 8.45. The number of rotatable bonds is 7. The molecule has 166 valence electrons. The largest absolute Gasteiger partial charge is 0.450 e. The van der Waals surface area contributed by atoms with Gasteiger partial charge in [0.1, 0.15) is 6.54 Å². The van der Waals surface area contributed by atoms with Gasteiger partial charge >= 0.3 is 6.09 Å². The molecule has 2 amide bonds. The topological polar surface area (TPSA) is 98.7 Å². The number of guanidine groups is 1. The van der Waals surface area contributed by atoms with Gasteiger partial charge in [-0.25, -0.2) is 9.79 Å². The van der Waals surface area contributed by atoms with E-state index in [1.807, 2.05) is 6.92 Å². The molecule has 0 aromatic carbocycles. The second-order valence-electron chi connectivity index (χ2n) is 7.44. The van der Waals surface area contributed by atoms with Gasteiger partial charge in [0.15, 0.2) is 5.96 Å². The molecule has 29 heavy (non-hydrogen) atoms. The van der Waals surface area contributed by atoms with Crippen LogP contribution in [0.5, 0.6) is 0 Å². The van der Waals surface area contributed by atoms with E-state index in [-0.39, 0.29) is 24.6 Å². The molecule has 10 nitrogen and oxygen atoms in total. The van der Waals surface area contributed by atoms with E-state index in [0.717, 1.165) is 52.2 Å². The van der Waals surface area contributed by atoms with Crippen LogP contribution >= 0.6 is 0 Å². The first-order valence-corrected chi connectivity index (χ1v) is 10.5. The highest BCUT2D eigenvalue weighted by molar-refractivity contribution is 5.85. The number of morpholine rings is 1. The van der Waals surface area contributed by atoms with E-state index in [2.05, 4.69) is 20.5 Å². The van der Waals surface area contributed by atoms with E-state index in [9.17, 15) is 9.59 Å². The molecular weight excluding hydrogens is 376 g/mol. The molecule has 0 aromatic heterocycles. The zero-order chi connectivity index (χ0) is 21.1. The number of likely N-dealkylation sites (tertiary alicyclic amines) is 1. The second kappa shape index (κ2) is 12.5. The summed E-state index contributed by atoms with van der Waals surface area (Å²) in [7, 11) is 3.45. The van der Waals surface area contributed by atoms with E-state index in [0.29, 0.717) is 25.7 Å². The van der Waals surface area contributed by atoms with Crippen molar-refractivity contribution in [2.75, 3.05) is 79.7 Å². The minimum atomic E-state index is -0.250. The fourth-order valence-corrected chi connectivity index (χ4v) is 3.21. The molecule has 0 unspecified atom stereocenters. The SMILES string of the molecule is CCOC(=O)N1CCC(NC(=NCC(=O)N(C)C)NCCN2CCOCC2)CC1. The summed E-state index contributed by atoms with van der Waals surface area (Å²) in [6.45, 7) is 8.65. The van der Waals surface area contributed by atoms with Gasteiger partial charge in [-0.2, -0.15) is 0 Å². The van der Waals surface area contributed by atoms with Gasteiger partial charge < -0.3 is 29.9 Å². The number of carbonyl (C=O) groups is 2. The Morgan fingerprint density at radius 3 is 2.48 bits per heavy atom. The van der Waals surface area contributed by atoms with Gasteiger partial charge in [0.05, 0.1) is 19.8 Å². The summed E-state index contributed by atoms with van der Waals surface area (Å²) in [5.41, 5.74) is 0. The molecule has 2 aliphatic rings. The number of likely N-dealkylation sites (N-methyl/N-ethyl adjacent to an activating group) is 1. The van der Waals surface area contributed by atoms with Crippen LogP contribution in [0.25, 0.3) is 0 Å². The quantitative estimate of drug-likeness (QED) is 0.432. The van der Waals surface area contributed by atoms with Crippen molar-refractivity contribution in [3.8, 4) is 0 Å². The molecule has 0 aliphatic carbocycles. The van der Waals surface area contributed by atoms with Gasteiger partial charge in [0, 0.05) is 59.4 Å². The third-order valence-electron chi connectivity index (χ3n) is 5.06. The number of nitrogens with zero attached hydrogens (tertiary/aromatic N) is 4. The molecule has 2 heterocycles. The van der Waals surface area contributed by atoms with Crippen molar-refractivity contribution in [2.24, 2.45) is 4.99 Å². The smallest absolute Gasteiger partial charge is 0.409 e. The van der Waals surface area contributed by atoms with Crippen molar-refractivity contribution >= 4 is 18.0 Å². The zero-order valence-corrected chi connectivity index (χ0v) is 18.0. The van der Waals surface area contributed by atoms with Gasteiger partial charge in [-0.1, -0.05) is 0 Å². The summed E-state index contributed by atoms with van der Waals surface area (Å²) in [5, 5.41) is 6.77. The summed E-state index contributed by atoms with van der Waals surface area (Å²) < 4.78 is 10.4. The van der Waals surface area contributed by atoms with Crippen molar-refractivity contribution in [1.82, 2.24) is 25.3 Å².